The third-order valence-corrected chi connectivity index (χ3v) is 3.80. The largest absolute Gasteiger partial charge is 0.496 e. The monoisotopic (exact) mass is 368 g/mol. The topological polar surface area (TPSA) is 112 Å². The second kappa shape index (κ2) is 8.22. The van der Waals surface area contributed by atoms with Crippen molar-refractivity contribution in [1.82, 2.24) is 9.97 Å². The van der Waals surface area contributed by atoms with E-state index in [1.54, 1.807) is 26.2 Å². The standard InChI is InChI=1S/C19H20N4O4/c1-3-26-18(24)15-16(14-9-6-10-27-14)22-19(20)23-17(15)21-11-12-7-4-5-8-13(12)25-2/h4-10H,3,11H2,1-2H3,(H3,20,21,22,23). The molecule has 27 heavy (non-hydrogen) atoms. The number of carbonyl (C=O) groups excluding carboxylic acids is 1. The molecule has 3 aromatic rings. The smallest absolute Gasteiger partial charge is 0.344 e. The van der Waals surface area contributed by atoms with Gasteiger partial charge in [0.1, 0.15) is 22.8 Å². The molecule has 0 saturated carbocycles. The van der Waals surface area contributed by atoms with E-state index in [0.717, 1.165) is 11.3 Å². The number of hydrogen-bond acceptors (Lipinski definition) is 8. The summed E-state index contributed by atoms with van der Waals surface area (Å²) in [5.41, 5.74) is 7.18. The number of hydrogen-bond donors (Lipinski definition) is 2. The fourth-order valence-electron chi connectivity index (χ4n) is 2.62. The van der Waals surface area contributed by atoms with Crippen LogP contribution < -0.4 is 15.8 Å². The molecule has 0 aliphatic carbocycles. The number of methoxy groups -OCH3 is 1. The Hall–Kier alpha value is -3.55. The maximum Gasteiger partial charge on any atom is 0.344 e. The van der Waals surface area contributed by atoms with Gasteiger partial charge in [-0.2, -0.15) is 4.98 Å². The predicted molar refractivity (Wildman–Crippen MR) is 100 cm³/mol. The van der Waals surface area contributed by atoms with Crippen LogP contribution in [0, 0.1) is 0 Å². The summed E-state index contributed by atoms with van der Waals surface area (Å²) in [7, 11) is 1.60. The van der Waals surface area contributed by atoms with Gasteiger partial charge in [0.15, 0.2) is 5.76 Å². The molecule has 8 heteroatoms. The third kappa shape index (κ3) is 4.00. The van der Waals surface area contributed by atoms with Crippen LogP contribution in [0.2, 0.25) is 0 Å². The number of carbonyl (C=O) groups is 1. The lowest BCUT2D eigenvalue weighted by atomic mass is 10.1. The summed E-state index contributed by atoms with van der Waals surface area (Å²) >= 11 is 0. The molecule has 0 unspecified atom stereocenters. The highest BCUT2D eigenvalue weighted by Crippen LogP contribution is 2.29. The van der Waals surface area contributed by atoms with Crippen LogP contribution in [0.15, 0.2) is 47.1 Å². The van der Waals surface area contributed by atoms with Crippen molar-refractivity contribution in [2.45, 2.75) is 13.5 Å². The number of benzene rings is 1. The number of rotatable bonds is 7. The number of nitrogens with zero attached hydrogens (tertiary/aromatic N) is 2. The molecule has 2 aromatic heterocycles. The quantitative estimate of drug-likeness (QED) is 0.612. The number of nitrogens with two attached hydrogens (primary N) is 1. The van der Waals surface area contributed by atoms with Gasteiger partial charge in [0, 0.05) is 12.1 Å². The Morgan fingerprint density at radius 1 is 1.22 bits per heavy atom. The van der Waals surface area contributed by atoms with Crippen LogP contribution in [0.25, 0.3) is 11.5 Å². The Balaban J connectivity index is 2.02. The second-order valence-corrected chi connectivity index (χ2v) is 5.52. The fraction of sp³-hybridized carbons (Fsp3) is 0.211. The van der Waals surface area contributed by atoms with Crippen LogP contribution in [0.5, 0.6) is 5.75 Å². The number of aromatic nitrogens is 2. The number of nitrogen functional groups attached to an aromatic ring is 1. The van der Waals surface area contributed by atoms with Gasteiger partial charge in [-0.25, -0.2) is 9.78 Å². The minimum absolute atomic E-state index is 0.0111. The summed E-state index contributed by atoms with van der Waals surface area (Å²) in [5.74, 6) is 0.824. The van der Waals surface area contributed by atoms with E-state index in [1.807, 2.05) is 24.3 Å². The maximum absolute atomic E-state index is 12.6. The first kappa shape index (κ1) is 18.2. The van der Waals surface area contributed by atoms with E-state index in [9.17, 15) is 4.79 Å². The van der Waals surface area contributed by atoms with E-state index >= 15 is 0 Å². The molecule has 2 heterocycles. The molecular formula is C19H20N4O4. The summed E-state index contributed by atoms with van der Waals surface area (Å²) in [6.07, 6.45) is 1.49. The van der Waals surface area contributed by atoms with Crippen molar-refractivity contribution in [2.75, 3.05) is 24.8 Å². The molecule has 3 rings (SSSR count). The first-order chi connectivity index (χ1) is 13.1. The zero-order chi connectivity index (χ0) is 19.2. The SMILES string of the molecule is CCOC(=O)c1c(NCc2ccccc2OC)nc(N)nc1-c1ccco1. The lowest BCUT2D eigenvalue weighted by molar-refractivity contribution is 0.0527. The van der Waals surface area contributed by atoms with Crippen molar-refractivity contribution in [2.24, 2.45) is 0 Å². The van der Waals surface area contributed by atoms with Crippen molar-refractivity contribution >= 4 is 17.7 Å². The van der Waals surface area contributed by atoms with Gasteiger partial charge in [-0.1, -0.05) is 18.2 Å². The maximum atomic E-state index is 12.6. The summed E-state index contributed by atoms with van der Waals surface area (Å²) < 4.78 is 15.9. The van der Waals surface area contributed by atoms with E-state index in [-0.39, 0.29) is 29.6 Å². The van der Waals surface area contributed by atoms with Crippen LogP contribution in [-0.2, 0) is 11.3 Å². The molecule has 0 aliphatic rings. The van der Waals surface area contributed by atoms with Crippen LogP contribution in [0.3, 0.4) is 0 Å². The molecule has 3 N–H and O–H groups in total. The number of esters is 1. The second-order valence-electron chi connectivity index (χ2n) is 5.52. The molecular weight excluding hydrogens is 348 g/mol. The predicted octanol–water partition coefficient (Wildman–Crippen LogP) is 3.12. The third-order valence-electron chi connectivity index (χ3n) is 3.80. The van der Waals surface area contributed by atoms with E-state index in [1.165, 1.54) is 6.26 Å². The highest BCUT2D eigenvalue weighted by molar-refractivity contribution is 6.00. The Bertz CT molecular complexity index is 925. The Morgan fingerprint density at radius 2 is 2.04 bits per heavy atom. The van der Waals surface area contributed by atoms with Gasteiger partial charge in [0.05, 0.1) is 20.0 Å². The minimum atomic E-state index is -0.563. The number of anilines is 2. The molecule has 0 aliphatic heterocycles. The van der Waals surface area contributed by atoms with Crippen molar-refractivity contribution in [3.05, 3.63) is 53.8 Å². The lowest BCUT2D eigenvalue weighted by Gasteiger charge is -2.15. The van der Waals surface area contributed by atoms with Gasteiger partial charge in [-0.15, -0.1) is 0 Å². The summed E-state index contributed by atoms with van der Waals surface area (Å²) in [5, 5.41) is 3.13. The number of para-hydroxylation sites is 1. The highest BCUT2D eigenvalue weighted by atomic mass is 16.5. The normalized spacial score (nSPS) is 10.4. The minimum Gasteiger partial charge on any atom is -0.496 e. The van der Waals surface area contributed by atoms with Crippen molar-refractivity contribution < 1.29 is 18.7 Å². The number of nitrogens with one attached hydrogen (secondary N) is 1. The lowest BCUT2D eigenvalue weighted by Crippen LogP contribution is -2.15. The first-order valence-electron chi connectivity index (χ1n) is 8.38. The zero-order valence-electron chi connectivity index (χ0n) is 15.1. The molecule has 0 radical (unpaired) electrons. The molecule has 140 valence electrons. The van der Waals surface area contributed by atoms with Crippen molar-refractivity contribution in [1.29, 1.82) is 0 Å². The van der Waals surface area contributed by atoms with Crippen molar-refractivity contribution in [3.63, 3.8) is 0 Å². The van der Waals surface area contributed by atoms with Crippen LogP contribution in [0.4, 0.5) is 11.8 Å². The average molecular weight is 368 g/mol. The van der Waals surface area contributed by atoms with Crippen LogP contribution in [0.1, 0.15) is 22.8 Å². The molecule has 8 nitrogen and oxygen atoms in total. The van der Waals surface area contributed by atoms with Gasteiger partial charge >= 0.3 is 5.97 Å². The number of furan rings is 1. The summed E-state index contributed by atoms with van der Waals surface area (Å²) in [6.45, 7) is 2.31. The van der Waals surface area contributed by atoms with Crippen LogP contribution in [-0.4, -0.2) is 29.7 Å². The highest BCUT2D eigenvalue weighted by Gasteiger charge is 2.24. The molecule has 0 amide bonds. The fourth-order valence-corrected chi connectivity index (χ4v) is 2.62. The van der Waals surface area contributed by atoms with Crippen molar-refractivity contribution in [3.8, 4) is 17.2 Å². The molecule has 0 atom stereocenters. The Kier molecular flexibility index (Phi) is 5.55. The van der Waals surface area contributed by atoms with Gasteiger partial charge in [0.25, 0.3) is 0 Å². The first-order valence-corrected chi connectivity index (χ1v) is 8.38. The number of ether oxygens (including phenoxy) is 2. The molecule has 0 saturated heterocycles. The zero-order valence-corrected chi connectivity index (χ0v) is 15.1. The van der Waals surface area contributed by atoms with Gasteiger partial charge in [0.2, 0.25) is 5.95 Å². The molecule has 0 fully saturated rings. The van der Waals surface area contributed by atoms with Gasteiger partial charge < -0.3 is 24.9 Å². The Morgan fingerprint density at radius 3 is 2.74 bits per heavy atom. The Labute approximate surface area is 156 Å². The summed E-state index contributed by atoms with van der Waals surface area (Å²) in [4.78, 5) is 20.9. The van der Waals surface area contributed by atoms with Crippen LogP contribution >= 0.6 is 0 Å². The van der Waals surface area contributed by atoms with E-state index in [0.29, 0.717) is 12.3 Å². The van der Waals surface area contributed by atoms with E-state index < -0.39 is 5.97 Å². The molecule has 0 bridgehead atoms. The average Bonchev–Trinajstić information content (AvgIpc) is 3.21. The van der Waals surface area contributed by atoms with Gasteiger partial charge in [-0.05, 0) is 25.1 Å². The molecule has 1 aromatic carbocycles. The van der Waals surface area contributed by atoms with E-state index in [2.05, 4.69) is 15.3 Å². The van der Waals surface area contributed by atoms with E-state index in [4.69, 9.17) is 19.6 Å². The van der Waals surface area contributed by atoms with Gasteiger partial charge in [-0.3, -0.25) is 0 Å². The summed E-state index contributed by atoms with van der Waals surface area (Å²) in [6, 6.07) is 10.9. The molecule has 0 spiro atoms.